The van der Waals surface area contributed by atoms with Gasteiger partial charge >= 0.3 is 6.09 Å². The summed E-state index contributed by atoms with van der Waals surface area (Å²) in [6.45, 7) is 5.15. The molecule has 2 aromatic heterocycles. The molecular weight excluding hydrogens is 560 g/mol. The number of aromatic nitrogens is 2. The second kappa shape index (κ2) is 12.2. The summed E-state index contributed by atoms with van der Waals surface area (Å²) >= 11 is 12.3. The van der Waals surface area contributed by atoms with Crippen LogP contribution in [-0.4, -0.2) is 27.6 Å². The Balaban J connectivity index is 1.48. The zero-order chi connectivity index (χ0) is 28.9. The van der Waals surface area contributed by atoms with Crippen molar-refractivity contribution < 1.29 is 23.5 Å². The minimum atomic E-state index is -0.754. The van der Waals surface area contributed by atoms with Crippen molar-refractivity contribution in [1.29, 1.82) is 0 Å². The third-order valence-corrected chi connectivity index (χ3v) is 5.62. The molecule has 0 fully saturated rings. The molecule has 0 bridgehead atoms. The Labute approximate surface area is 239 Å². The molecule has 0 aliphatic rings. The van der Waals surface area contributed by atoms with E-state index in [4.69, 9.17) is 32.7 Å². The highest BCUT2D eigenvalue weighted by atomic mass is 35.5. The Kier molecular flexibility index (Phi) is 8.71. The molecule has 0 saturated carbocycles. The van der Waals surface area contributed by atoms with Gasteiger partial charge in [0.25, 0.3) is 5.91 Å². The number of amides is 2. The van der Waals surface area contributed by atoms with Crippen molar-refractivity contribution in [1.82, 2.24) is 9.97 Å². The van der Waals surface area contributed by atoms with E-state index in [9.17, 15) is 9.59 Å². The molecule has 9 nitrogen and oxygen atoms in total. The van der Waals surface area contributed by atoms with Gasteiger partial charge in [-0.2, -0.15) is 0 Å². The number of halogens is 3. The number of carbonyl (C=O) groups excluding carboxylic acids is 2. The number of hydrogen-bond acceptors (Lipinski definition) is 7. The summed E-state index contributed by atoms with van der Waals surface area (Å²) < 4.78 is 25.9. The second-order valence-corrected chi connectivity index (χ2v) is 10.1. The molecule has 4 aromatic rings. The van der Waals surface area contributed by atoms with E-state index in [1.807, 2.05) is 0 Å². The first kappa shape index (κ1) is 28.6. The molecule has 206 valence electrons. The fraction of sp³-hybridized carbons (Fsp3) is 0.143. The highest BCUT2D eigenvalue weighted by Gasteiger charge is 2.20. The van der Waals surface area contributed by atoms with Crippen LogP contribution in [0, 0.1) is 5.82 Å². The third-order valence-electron chi connectivity index (χ3n) is 5.02. The first-order valence-electron chi connectivity index (χ1n) is 11.9. The van der Waals surface area contributed by atoms with Crippen LogP contribution in [0.4, 0.5) is 32.2 Å². The fourth-order valence-corrected chi connectivity index (χ4v) is 3.75. The van der Waals surface area contributed by atoms with Gasteiger partial charge in [-0.1, -0.05) is 29.3 Å². The van der Waals surface area contributed by atoms with Gasteiger partial charge in [-0.15, -0.1) is 0 Å². The number of ether oxygens (including phenoxy) is 2. The van der Waals surface area contributed by atoms with Crippen molar-refractivity contribution in [3.8, 4) is 11.5 Å². The van der Waals surface area contributed by atoms with Crippen LogP contribution >= 0.6 is 23.2 Å². The summed E-state index contributed by atoms with van der Waals surface area (Å²) in [5.41, 5.74) is 0.337. The molecule has 0 unspecified atom stereocenters. The number of anilines is 4. The Morgan fingerprint density at radius 3 is 2.35 bits per heavy atom. The summed E-state index contributed by atoms with van der Waals surface area (Å²) in [4.78, 5) is 33.2. The number of pyridine rings is 2. The van der Waals surface area contributed by atoms with Crippen LogP contribution in [-0.2, 0) is 4.74 Å². The first-order chi connectivity index (χ1) is 19.0. The predicted molar refractivity (Wildman–Crippen MR) is 153 cm³/mol. The molecule has 0 aliphatic heterocycles. The first-order valence-corrected chi connectivity index (χ1v) is 12.6. The summed E-state index contributed by atoms with van der Waals surface area (Å²) in [6.07, 6.45) is 2.09. The standard InChI is InChI=1S/C28H24Cl2FN5O4/c1-28(2,3)40-27(38)36-25-23(30)22(11-13-33-25)39-21-10-9-18(15-20(21)31)34-24-19(8-5-12-32-24)26(37)35-17-7-4-6-16(29)14-17/h4-15H,1-3H3,(H,32,34)(H,35,37)(H,33,36,38). The molecule has 2 aromatic carbocycles. The van der Waals surface area contributed by atoms with E-state index >= 15 is 4.39 Å². The summed E-state index contributed by atoms with van der Waals surface area (Å²) in [7, 11) is 0. The van der Waals surface area contributed by atoms with Crippen LogP contribution in [0.25, 0.3) is 0 Å². The van der Waals surface area contributed by atoms with Crippen LogP contribution in [0.3, 0.4) is 0 Å². The van der Waals surface area contributed by atoms with Crippen LogP contribution in [0.1, 0.15) is 31.1 Å². The van der Waals surface area contributed by atoms with E-state index < -0.39 is 23.4 Å². The topological polar surface area (TPSA) is 114 Å². The van der Waals surface area contributed by atoms with Gasteiger partial charge in [0.2, 0.25) is 0 Å². The zero-order valence-electron chi connectivity index (χ0n) is 21.6. The maximum atomic E-state index is 15.0. The lowest BCUT2D eigenvalue weighted by Crippen LogP contribution is -2.27. The van der Waals surface area contributed by atoms with Gasteiger partial charge in [0.05, 0.1) is 5.56 Å². The average Bonchev–Trinajstić information content (AvgIpc) is 2.87. The van der Waals surface area contributed by atoms with Gasteiger partial charge in [0.15, 0.2) is 23.1 Å². The van der Waals surface area contributed by atoms with Crippen molar-refractivity contribution in [2.24, 2.45) is 0 Å². The van der Waals surface area contributed by atoms with Crippen molar-refractivity contribution in [3.63, 3.8) is 0 Å². The maximum absolute atomic E-state index is 15.0. The lowest BCUT2D eigenvalue weighted by Gasteiger charge is -2.20. The van der Waals surface area contributed by atoms with E-state index in [0.717, 1.165) is 0 Å². The van der Waals surface area contributed by atoms with Crippen LogP contribution in [0.5, 0.6) is 11.5 Å². The molecule has 2 heterocycles. The molecule has 3 N–H and O–H groups in total. The molecule has 0 radical (unpaired) electrons. The minimum absolute atomic E-state index is 0.00848. The lowest BCUT2D eigenvalue weighted by molar-refractivity contribution is 0.0635. The fourth-order valence-electron chi connectivity index (χ4n) is 3.36. The number of carbonyl (C=O) groups is 2. The number of nitrogens with one attached hydrogen (secondary N) is 3. The molecule has 0 saturated heterocycles. The Hall–Kier alpha value is -4.41. The Morgan fingerprint density at radius 1 is 0.850 bits per heavy atom. The van der Waals surface area contributed by atoms with Gasteiger partial charge in [-0.25, -0.2) is 19.2 Å². The SMILES string of the molecule is CC(C)(C)OC(=O)Nc1nccc(Oc2ccc(Nc3ncccc3C(=O)Nc3cccc(Cl)c3)cc2F)c1Cl. The minimum Gasteiger partial charge on any atom is -0.453 e. The number of nitrogens with zero attached hydrogens (tertiary/aromatic N) is 2. The average molecular weight is 584 g/mol. The predicted octanol–water partition coefficient (Wildman–Crippen LogP) is 8.06. The quantitative estimate of drug-likeness (QED) is 0.201. The lowest BCUT2D eigenvalue weighted by atomic mass is 10.2. The van der Waals surface area contributed by atoms with Crippen molar-refractivity contribution >= 4 is 58.2 Å². The van der Waals surface area contributed by atoms with E-state index in [1.165, 1.54) is 30.6 Å². The van der Waals surface area contributed by atoms with Crippen LogP contribution in [0.15, 0.2) is 73.1 Å². The molecular formula is C28H24Cl2FN5O4. The van der Waals surface area contributed by atoms with Crippen molar-refractivity contribution in [2.75, 3.05) is 16.0 Å². The number of rotatable bonds is 7. The monoisotopic (exact) mass is 583 g/mol. The van der Waals surface area contributed by atoms with Crippen molar-refractivity contribution in [3.05, 3.63) is 94.5 Å². The molecule has 0 spiro atoms. The van der Waals surface area contributed by atoms with Gasteiger partial charge < -0.3 is 20.1 Å². The highest BCUT2D eigenvalue weighted by Crippen LogP contribution is 2.35. The number of hydrogen-bond donors (Lipinski definition) is 3. The molecule has 0 aliphatic carbocycles. The maximum Gasteiger partial charge on any atom is 0.413 e. The van der Waals surface area contributed by atoms with Gasteiger partial charge in [0.1, 0.15) is 16.4 Å². The molecule has 0 atom stereocenters. The Bertz CT molecular complexity index is 1560. The van der Waals surface area contributed by atoms with Crippen molar-refractivity contribution in [2.45, 2.75) is 26.4 Å². The largest absolute Gasteiger partial charge is 0.453 e. The van der Waals surface area contributed by atoms with Gasteiger partial charge in [0, 0.05) is 40.9 Å². The highest BCUT2D eigenvalue weighted by molar-refractivity contribution is 6.34. The van der Waals surface area contributed by atoms with E-state index in [-0.39, 0.29) is 33.7 Å². The number of benzene rings is 2. The molecule has 12 heteroatoms. The zero-order valence-corrected chi connectivity index (χ0v) is 23.1. The smallest absolute Gasteiger partial charge is 0.413 e. The summed E-state index contributed by atoms with van der Waals surface area (Å²) in [6, 6.07) is 15.4. The van der Waals surface area contributed by atoms with Gasteiger partial charge in [-0.05, 0) is 63.2 Å². The van der Waals surface area contributed by atoms with E-state index in [2.05, 4.69) is 25.9 Å². The molecule has 2 amide bonds. The van der Waals surface area contributed by atoms with E-state index in [1.54, 1.807) is 63.2 Å². The molecule has 4 rings (SSSR count). The third kappa shape index (κ3) is 7.58. The summed E-state index contributed by atoms with van der Waals surface area (Å²) in [5, 5.41) is 8.58. The van der Waals surface area contributed by atoms with Gasteiger partial charge in [-0.3, -0.25) is 10.1 Å². The van der Waals surface area contributed by atoms with Crippen LogP contribution < -0.4 is 20.7 Å². The Morgan fingerprint density at radius 2 is 1.62 bits per heavy atom. The normalized spacial score (nSPS) is 10.9. The second-order valence-electron chi connectivity index (χ2n) is 9.33. The van der Waals surface area contributed by atoms with Crippen LogP contribution in [0.2, 0.25) is 10.0 Å². The summed E-state index contributed by atoms with van der Waals surface area (Å²) in [5.74, 6) is -1.02. The van der Waals surface area contributed by atoms with E-state index in [0.29, 0.717) is 16.4 Å². The molecule has 40 heavy (non-hydrogen) atoms.